The van der Waals surface area contributed by atoms with E-state index in [0.717, 1.165) is 11.1 Å². The fourth-order valence-electron chi connectivity index (χ4n) is 6.22. The number of sulfonamides is 1. The van der Waals surface area contributed by atoms with E-state index in [1.165, 1.54) is 4.31 Å². The second-order valence-electron chi connectivity index (χ2n) is 11.0. The van der Waals surface area contributed by atoms with Crippen LogP contribution in [0.2, 0.25) is 0 Å². The SMILES string of the molecule is CCCN(CCN1C[C@H](c2ccc3c(c2)OCO3)C[C@@]1(C(=O)O)c1ccc(OC)cc1)S(=O)(=O)c1ccc(C)cc1C. The monoisotopic (exact) mass is 594 g/mol. The summed E-state index contributed by atoms with van der Waals surface area (Å²) in [5.74, 6) is 0.832. The number of carboxylic acid groups (broad SMARTS) is 1. The first-order valence-electron chi connectivity index (χ1n) is 14.2. The lowest BCUT2D eigenvalue weighted by Gasteiger charge is -2.36. The van der Waals surface area contributed by atoms with Crippen molar-refractivity contribution in [2.24, 2.45) is 0 Å². The summed E-state index contributed by atoms with van der Waals surface area (Å²) >= 11 is 0. The molecular formula is C32H38N2O7S. The van der Waals surface area contributed by atoms with Gasteiger partial charge < -0.3 is 19.3 Å². The average molecular weight is 595 g/mol. The van der Waals surface area contributed by atoms with E-state index >= 15 is 0 Å². The van der Waals surface area contributed by atoms with Crippen LogP contribution in [-0.4, -0.2) is 68.8 Å². The van der Waals surface area contributed by atoms with E-state index in [1.54, 1.807) is 50.4 Å². The molecule has 0 aromatic heterocycles. The number of nitrogens with zero attached hydrogens (tertiary/aromatic N) is 2. The second-order valence-corrected chi connectivity index (χ2v) is 12.9. The normalized spacial score (nSPS) is 20.3. The van der Waals surface area contributed by atoms with Crippen LogP contribution in [0.3, 0.4) is 0 Å². The van der Waals surface area contributed by atoms with Crippen molar-refractivity contribution in [1.82, 2.24) is 9.21 Å². The van der Waals surface area contributed by atoms with Gasteiger partial charge in [0.1, 0.15) is 11.3 Å². The number of benzene rings is 3. The predicted octanol–water partition coefficient (Wildman–Crippen LogP) is 4.91. The Hall–Kier alpha value is -3.60. The Kier molecular flexibility index (Phi) is 8.50. The van der Waals surface area contributed by atoms with Crippen LogP contribution in [-0.2, 0) is 20.4 Å². The quantitative estimate of drug-likeness (QED) is 0.334. The highest BCUT2D eigenvalue weighted by atomic mass is 32.2. The van der Waals surface area contributed by atoms with E-state index in [1.807, 2.05) is 43.0 Å². The van der Waals surface area contributed by atoms with Crippen LogP contribution in [0.4, 0.5) is 0 Å². The Morgan fingerprint density at radius 2 is 1.79 bits per heavy atom. The van der Waals surface area contributed by atoms with Gasteiger partial charge in [-0.2, -0.15) is 4.31 Å². The molecule has 2 aliphatic rings. The van der Waals surface area contributed by atoms with Crippen molar-refractivity contribution >= 4 is 16.0 Å². The Morgan fingerprint density at radius 1 is 1.05 bits per heavy atom. The van der Waals surface area contributed by atoms with Gasteiger partial charge in [-0.15, -0.1) is 0 Å². The number of methoxy groups -OCH3 is 1. The summed E-state index contributed by atoms with van der Waals surface area (Å²) in [5, 5.41) is 10.9. The molecule has 2 aliphatic heterocycles. The number of aliphatic carboxylic acids is 1. The molecule has 3 aromatic rings. The molecule has 1 N–H and O–H groups in total. The van der Waals surface area contributed by atoms with E-state index < -0.39 is 21.5 Å². The van der Waals surface area contributed by atoms with E-state index in [9.17, 15) is 18.3 Å². The summed E-state index contributed by atoms with van der Waals surface area (Å²) in [5.41, 5.74) is 1.89. The van der Waals surface area contributed by atoms with Crippen molar-refractivity contribution in [1.29, 1.82) is 0 Å². The van der Waals surface area contributed by atoms with Crippen LogP contribution >= 0.6 is 0 Å². The lowest BCUT2D eigenvalue weighted by Crippen LogP contribution is -2.50. The fourth-order valence-corrected chi connectivity index (χ4v) is 7.95. The van der Waals surface area contributed by atoms with Crippen molar-refractivity contribution in [3.05, 3.63) is 82.9 Å². The Labute approximate surface area is 247 Å². The molecule has 0 unspecified atom stereocenters. The van der Waals surface area contributed by atoms with Crippen LogP contribution in [0.1, 0.15) is 47.9 Å². The highest BCUT2D eigenvalue weighted by Gasteiger charge is 2.53. The van der Waals surface area contributed by atoms with Crippen LogP contribution in [0, 0.1) is 13.8 Å². The number of carboxylic acids is 1. The van der Waals surface area contributed by atoms with Crippen molar-refractivity contribution in [2.45, 2.75) is 50.0 Å². The molecule has 5 rings (SSSR count). The number of ether oxygens (including phenoxy) is 3. The van der Waals surface area contributed by atoms with Gasteiger partial charge in [-0.3, -0.25) is 4.90 Å². The third-order valence-electron chi connectivity index (χ3n) is 8.35. The average Bonchev–Trinajstić information content (AvgIpc) is 3.60. The maximum Gasteiger partial charge on any atom is 0.328 e. The molecule has 42 heavy (non-hydrogen) atoms. The highest BCUT2D eigenvalue weighted by molar-refractivity contribution is 7.89. The minimum Gasteiger partial charge on any atom is -0.497 e. The first kappa shape index (κ1) is 29.9. The highest BCUT2D eigenvalue weighted by Crippen LogP contribution is 2.47. The Bertz CT molecular complexity index is 1560. The first-order chi connectivity index (χ1) is 20.1. The minimum absolute atomic E-state index is 0.131. The number of hydrogen-bond acceptors (Lipinski definition) is 7. The topological polar surface area (TPSA) is 106 Å². The van der Waals surface area contributed by atoms with Crippen LogP contribution in [0.5, 0.6) is 17.2 Å². The lowest BCUT2D eigenvalue weighted by molar-refractivity contribution is -0.150. The second kappa shape index (κ2) is 11.9. The molecule has 0 spiro atoms. The van der Waals surface area contributed by atoms with Gasteiger partial charge in [0.15, 0.2) is 11.5 Å². The molecule has 0 aliphatic carbocycles. The molecule has 0 radical (unpaired) electrons. The Balaban J connectivity index is 1.50. The summed E-state index contributed by atoms with van der Waals surface area (Å²) in [4.78, 5) is 15.5. The third kappa shape index (κ3) is 5.46. The number of hydrogen-bond donors (Lipinski definition) is 1. The number of fused-ring (bicyclic) bond motifs is 1. The van der Waals surface area contributed by atoms with Crippen molar-refractivity contribution < 1.29 is 32.5 Å². The van der Waals surface area contributed by atoms with E-state index in [2.05, 4.69) is 0 Å². The summed E-state index contributed by atoms with van der Waals surface area (Å²) in [6.45, 7) is 6.99. The molecule has 224 valence electrons. The third-order valence-corrected chi connectivity index (χ3v) is 10.4. The summed E-state index contributed by atoms with van der Waals surface area (Å²) < 4.78 is 45.6. The largest absolute Gasteiger partial charge is 0.497 e. The lowest BCUT2D eigenvalue weighted by atomic mass is 9.83. The van der Waals surface area contributed by atoms with E-state index in [-0.39, 0.29) is 30.7 Å². The molecule has 1 fully saturated rings. The predicted molar refractivity (Wildman–Crippen MR) is 159 cm³/mol. The van der Waals surface area contributed by atoms with Gasteiger partial charge in [-0.05, 0) is 79.6 Å². The number of aryl methyl sites for hydroxylation is 2. The standard InChI is InChI=1S/C32H38N2O7S/c1-5-14-34(42(37,38)30-13-6-22(2)17-23(30)3)16-15-33-20-25(24-7-12-28-29(18-24)41-21-40-28)19-32(33,31(35)36)26-8-10-27(39-4)11-9-26/h6-13,17-18,25H,5,14-16,19-21H2,1-4H3,(H,35,36)/t25-,32+/m1/s1. The first-order valence-corrected chi connectivity index (χ1v) is 15.6. The van der Waals surface area contributed by atoms with Crippen molar-refractivity contribution in [3.63, 3.8) is 0 Å². The summed E-state index contributed by atoms with van der Waals surface area (Å²) in [6, 6.07) is 18.2. The summed E-state index contributed by atoms with van der Waals surface area (Å²) in [6.07, 6.45) is 0.943. The molecule has 1 saturated heterocycles. The minimum atomic E-state index is -3.79. The maximum absolute atomic E-state index is 13.8. The molecule has 0 saturated carbocycles. The maximum atomic E-state index is 13.8. The molecule has 3 aromatic carbocycles. The zero-order valence-electron chi connectivity index (χ0n) is 24.5. The molecule has 2 atom stereocenters. The van der Waals surface area contributed by atoms with Crippen LogP contribution in [0.15, 0.2) is 65.6 Å². The van der Waals surface area contributed by atoms with E-state index in [0.29, 0.717) is 54.3 Å². The molecule has 10 heteroatoms. The van der Waals surface area contributed by atoms with Gasteiger partial charge >= 0.3 is 5.97 Å². The number of carbonyl (C=O) groups is 1. The van der Waals surface area contributed by atoms with Gasteiger partial charge in [0, 0.05) is 26.2 Å². The Morgan fingerprint density at radius 3 is 2.45 bits per heavy atom. The summed E-state index contributed by atoms with van der Waals surface area (Å²) in [7, 11) is -2.23. The fraction of sp³-hybridized carbons (Fsp3) is 0.406. The van der Waals surface area contributed by atoms with Crippen LogP contribution in [0.25, 0.3) is 0 Å². The van der Waals surface area contributed by atoms with Gasteiger partial charge in [-0.1, -0.05) is 42.8 Å². The number of likely N-dealkylation sites (tertiary alicyclic amines) is 1. The van der Waals surface area contributed by atoms with Gasteiger partial charge in [-0.25, -0.2) is 13.2 Å². The van der Waals surface area contributed by atoms with Crippen LogP contribution < -0.4 is 14.2 Å². The molecular weight excluding hydrogens is 556 g/mol. The van der Waals surface area contributed by atoms with Gasteiger partial charge in [0.2, 0.25) is 16.8 Å². The number of rotatable bonds is 11. The van der Waals surface area contributed by atoms with Crippen molar-refractivity contribution in [3.8, 4) is 17.2 Å². The molecule has 2 heterocycles. The molecule has 0 bridgehead atoms. The smallest absolute Gasteiger partial charge is 0.328 e. The van der Waals surface area contributed by atoms with Crippen molar-refractivity contribution in [2.75, 3.05) is 40.1 Å². The molecule has 9 nitrogen and oxygen atoms in total. The van der Waals surface area contributed by atoms with E-state index in [4.69, 9.17) is 14.2 Å². The zero-order chi connectivity index (χ0) is 30.1. The van der Waals surface area contributed by atoms with Gasteiger partial charge in [0.05, 0.1) is 12.0 Å². The zero-order valence-corrected chi connectivity index (χ0v) is 25.3. The van der Waals surface area contributed by atoms with Gasteiger partial charge in [0.25, 0.3) is 0 Å². The molecule has 0 amide bonds.